The number of nitrogens with one attached hydrogen (secondary N) is 2. The number of aromatic nitrogens is 4. The molecule has 1 saturated carbocycles. The van der Waals surface area contributed by atoms with Crippen molar-refractivity contribution in [3.05, 3.63) is 47.7 Å². The van der Waals surface area contributed by atoms with Gasteiger partial charge in [-0.25, -0.2) is 5.84 Å². The highest BCUT2D eigenvalue weighted by molar-refractivity contribution is 5.92. The Balaban J connectivity index is 1.31. The van der Waals surface area contributed by atoms with Crippen molar-refractivity contribution in [2.45, 2.75) is 65.0 Å². The molecule has 0 unspecified atom stereocenters. The van der Waals surface area contributed by atoms with E-state index in [1.54, 1.807) is 17.1 Å². The summed E-state index contributed by atoms with van der Waals surface area (Å²) in [5, 5.41) is 15.1. The molecule has 34 heavy (non-hydrogen) atoms. The molecular formula is C23H35N9O2. The first kappa shape index (κ1) is 25.2. The molecule has 0 aliphatic heterocycles. The summed E-state index contributed by atoms with van der Waals surface area (Å²) in [5.41, 5.74) is 7.69. The third kappa shape index (κ3) is 8.47. The summed E-state index contributed by atoms with van der Waals surface area (Å²) >= 11 is 0. The highest BCUT2D eigenvalue weighted by Crippen LogP contribution is 2.27. The topological polar surface area (TPSA) is 157 Å². The number of hydrogen-bond donors (Lipinski definition) is 4. The van der Waals surface area contributed by atoms with Crippen LogP contribution in [0.25, 0.3) is 0 Å². The molecule has 0 bridgehead atoms. The van der Waals surface area contributed by atoms with Gasteiger partial charge in [-0.3, -0.25) is 19.3 Å². The van der Waals surface area contributed by atoms with E-state index in [4.69, 9.17) is 11.6 Å². The number of aryl methyl sites for hydroxylation is 2. The molecule has 0 radical (unpaired) electrons. The van der Waals surface area contributed by atoms with Crippen LogP contribution < -0.4 is 22.2 Å². The summed E-state index contributed by atoms with van der Waals surface area (Å²) in [4.78, 5) is 28.5. The van der Waals surface area contributed by atoms with E-state index in [0.29, 0.717) is 37.8 Å². The molecule has 1 aliphatic carbocycles. The van der Waals surface area contributed by atoms with Crippen LogP contribution in [0.5, 0.6) is 0 Å². The minimum atomic E-state index is -0.388. The lowest BCUT2D eigenvalue weighted by Crippen LogP contribution is -2.33. The van der Waals surface area contributed by atoms with Crippen molar-refractivity contribution in [1.82, 2.24) is 30.3 Å². The minimum Gasteiger partial charge on any atom is -0.393 e. The second-order valence-electron chi connectivity index (χ2n) is 8.79. The summed E-state index contributed by atoms with van der Waals surface area (Å²) in [6.07, 6.45) is 11.7. The van der Waals surface area contributed by atoms with Gasteiger partial charge in [0.2, 0.25) is 5.91 Å². The van der Waals surface area contributed by atoms with Crippen LogP contribution in [0.3, 0.4) is 0 Å². The van der Waals surface area contributed by atoms with Gasteiger partial charge in [0.1, 0.15) is 5.70 Å². The molecule has 11 nitrogen and oxygen atoms in total. The van der Waals surface area contributed by atoms with Gasteiger partial charge >= 0.3 is 0 Å². The Kier molecular flexibility index (Phi) is 9.39. The number of rotatable bonds is 12. The maximum Gasteiger partial charge on any atom is 0.268 e. The smallest absolute Gasteiger partial charge is 0.268 e. The van der Waals surface area contributed by atoms with E-state index in [1.165, 1.54) is 24.1 Å². The van der Waals surface area contributed by atoms with Crippen molar-refractivity contribution in [1.29, 1.82) is 0 Å². The number of hydrogen-bond acceptors (Lipinski definition) is 8. The fourth-order valence-electron chi connectivity index (χ4n) is 3.89. The van der Waals surface area contributed by atoms with Crippen LogP contribution >= 0.6 is 0 Å². The maximum absolute atomic E-state index is 12.2. The van der Waals surface area contributed by atoms with Crippen molar-refractivity contribution in [2.75, 3.05) is 11.9 Å². The number of anilines is 1. The monoisotopic (exact) mass is 469 g/mol. The lowest BCUT2D eigenvalue weighted by Gasteiger charge is -2.14. The molecule has 3 rings (SSSR count). The number of nitrogens with two attached hydrogens (primary N) is 2. The van der Waals surface area contributed by atoms with Crippen molar-refractivity contribution >= 4 is 17.6 Å². The predicted octanol–water partition coefficient (Wildman–Crippen LogP) is 1.57. The lowest BCUT2D eigenvalue weighted by atomic mass is 10.0. The Morgan fingerprint density at radius 1 is 1.26 bits per heavy atom. The van der Waals surface area contributed by atoms with Crippen LogP contribution in [0.2, 0.25) is 0 Å². The largest absolute Gasteiger partial charge is 0.393 e. The molecule has 2 amide bonds. The predicted molar refractivity (Wildman–Crippen MR) is 128 cm³/mol. The molecule has 0 spiro atoms. The zero-order chi connectivity index (χ0) is 24.3. The molecule has 0 aromatic carbocycles. The molecule has 6 N–H and O–H groups in total. The first-order valence-corrected chi connectivity index (χ1v) is 11.8. The first-order valence-electron chi connectivity index (χ1n) is 11.8. The SMILES string of the molecule is Cc1ccc(CNC(=O)/C(N)=C/N(N)CCCCn2cc(NC(=O)CC3CCCC3)nn2)cn1. The summed E-state index contributed by atoms with van der Waals surface area (Å²) in [6.45, 7) is 3.41. The molecule has 1 aliphatic rings. The standard InChI is InChI=1S/C23H35N9O2/c1-17-8-9-19(13-26-17)14-27-23(34)20(24)15-31(25)10-4-5-11-32-16-21(29-30-32)28-22(33)12-18-6-2-3-7-18/h8-9,13,15-16,18H,2-7,10-12,14,24-25H2,1H3,(H,27,34)(H,28,33)/b20-15-. The fourth-order valence-corrected chi connectivity index (χ4v) is 3.89. The molecule has 2 heterocycles. The van der Waals surface area contributed by atoms with Gasteiger partial charge in [0.05, 0.1) is 6.20 Å². The molecule has 184 valence electrons. The first-order chi connectivity index (χ1) is 16.4. The Labute approximate surface area is 199 Å². The van der Waals surface area contributed by atoms with Gasteiger partial charge < -0.3 is 21.4 Å². The summed E-state index contributed by atoms with van der Waals surface area (Å²) < 4.78 is 1.70. The molecule has 0 atom stereocenters. The fraction of sp³-hybridized carbons (Fsp3) is 0.522. The maximum atomic E-state index is 12.2. The van der Waals surface area contributed by atoms with Crippen molar-refractivity contribution in [2.24, 2.45) is 17.5 Å². The van der Waals surface area contributed by atoms with Gasteiger partial charge in [-0.2, -0.15) is 0 Å². The number of unbranched alkanes of at least 4 members (excludes halogenated alkanes) is 1. The number of hydrazine groups is 1. The molecule has 11 heteroatoms. The number of nitrogens with zero attached hydrogens (tertiary/aromatic N) is 5. The average molecular weight is 470 g/mol. The molecule has 2 aromatic heterocycles. The van der Waals surface area contributed by atoms with Crippen LogP contribution in [-0.4, -0.2) is 43.3 Å². The van der Waals surface area contributed by atoms with Crippen LogP contribution in [-0.2, 0) is 22.7 Å². The van der Waals surface area contributed by atoms with Gasteiger partial charge in [-0.1, -0.05) is 24.1 Å². The molecule has 1 fully saturated rings. The molecule has 2 aromatic rings. The summed E-state index contributed by atoms with van der Waals surface area (Å²) in [6, 6.07) is 3.79. The Hall–Kier alpha value is -3.47. The Morgan fingerprint density at radius 2 is 2.06 bits per heavy atom. The van der Waals surface area contributed by atoms with Crippen LogP contribution in [0.15, 0.2) is 36.4 Å². The number of carbonyl (C=O) groups is 2. The van der Waals surface area contributed by atoms with E-state index >= 15 is 0 Å². The van der Waals surface area contributed by atoms with E-state index in [2.05, 4.69) is 25.9 Å². The Morgan fingerprint density at radius 3 is 2.79 bits per heavy atom. The van der Waals surface area contributed by atoms with Crippen LogP contribution in [0.4, 0.5) is 5.82 Å². The number of carbonyl (C=O) groups excluding carboxylic acids is 2. The van der Waals surface area contributed by atoms with Gasteiger partial charge in [0.15, 0.2) is 5.82 Å². The summed E-state index contributed by atoms with van der Waals surface area (Å²) in [7, 11) is 0. The average Bonchev–Trinajstić information content (AvgIpc) is 3.48. The highest BCUT2D eigenvalue weighted by atomic mass is 16.2. The normalized spacial score (nSPS) is 14.2. The highest BCUT2D eigenvalue weighted by Gasteiger charge is 2.19. The zero-order valence-corrected chi connectivity index (χ0v) is 19.7. The number of amides is 2. The molecule has 0 saturated heterocycles. The second-order valence-corrected chi connectivity index (χ2v) is 8.79. The van der Waals surface area contributed by atoms with E-state index in [1.807, 2.05) is 19.1 Å². The van der Waals surface area contributed by atoms with Crippen molar-refractivity contribution in [3.63, 3.8) is 0 Å². The van der Waals surface area contributed by atoms with E-state index in [9.17, 15) is 9.59 Å². The van der Waals surface area contributed by atoms with E-state index in [0.717, 1.165) is 36.9 Å². The van der Waals surface area contributed by atoms with Gasteiger partial charge in [-0.05, 0) is 50.2 Å². The van der Waals surface area contributed by atoms with Crippen molar-refractivity contribution < 1.29 is 9.59 Å². The van der Waals surface area contributed by atoms with Gasteiger partial charge in [0.25, 0.3) is 5.91 Å². The van der Waals surface area contributed by atoms with Crippen molar-refractivity contribution in [3.8, 4) is 0 Å². The molecular weight excluding hydrogens is 434 g/mol. The third-order valence-electron chi connectivity index (χ3n) is 5.80. The number of pyridine rings is 1. The Bertz CT molecular complexity index is 965. The second kappa shape index (κ2) is 12.7. The van der Waals surface area contributed by atoms with E-state index < -0.39 is 0 Å². The van der Waals surface area contributed by atoms with Crippen LogP contribution in [0, 0.1) is 12.8 Å². The van der Waals surface area contributed by atoms with Crippen LogP contribution in [0.1, 0.15) is 56.2 Å². The van der Waals surface area contributed by atoms with Gasteiger partial charge in [-0.15, -0.1) is 5.10 Å². The van der Waals surface area contributed by atoms with E-state index in [-0.39, 0.29) is 17.5 Å². The summed E-state index contributed by atoms with van der Waals surface area (Å²) in [5.74, 6) is 6.53. The third-order valence-corrected chi connectivity index (χ3v) is 5.80. The lowest BCUT2D eigenvalue weighted by molar-refractivity contribution is -0.118. The minimum absolute atomic E-state index is 0.00155. The zero-order valence-electron chi connectivity index (χ0n) is 19.7. The quantitative estimate of drug-likeness (QED) is 0.158. The van der Waals surface area contributed by atoms with Gasteiger partial charge in [0, 0.05) is 44.1 Å².